The number of nitrogens with two attached hydrogens (primary N) is 1. The highest BCUT2D eigenvalue weighted by molar-refractivity contribution is 5.23. The average molecular weight is 262 g/mol. The van der Waals surface area contributed by atoms with Crippen LogP contribution < -0.4 is 11.1 Å². The van der Waals surface area contributed by atoms with Crippen molar-refractivity contribution >= 4 is 0 Å². The van der Waals surface area contributed by atoms with Crippen molar-refractivity contribution < 1.29 is 0 Å². The van der Waals surface area contributed by atoms with E-state index in [4.69, 9.17) is 5.73 Å². The largest absolute Gasteiger partial charge is 0.328 e. The molecule has 0 aromatic heterocycles. The third kappa shape index (κ3) is 8.02. The minimum Gasteiger partial charge on any atom is -0.328 e. The molecule has 19 heavy (non-hydrogen) atoms. The Hall–Kier alpha value is -0.860. The Balaban J connectivity index is 2.16. The Morgan fingerprint density at radius 2 is 1.63 bits per heavy atom. The lowest BCUT2D eigenvalue weighted by atomic mass is 10.0. The molecule has 0 amide bonds. The molecule has 0 aliphatic heterocycles. The van der Waals surface area contributed by atoms with Crippen LogP contribution in [-0.4, -0.2) is 19.1 Å². The van der Waals surface area contributed by atoms with Crippen LogP contribution in [0.1, 0.15) is 44.7 Å². The first-order chi connectivity index (χ1) is 9.08. The molecule has 2 nitrogen and oxygen atoms in total. The maximum absolute atomic E-state index is 5.72. The van der Waals surface area contributed by atoms with Gasteiger partial charge in [0.2, 0.25) is 0 Å². The van der Waals surface area contributed by atoms with Crippen LogP contribution in [0.15, 0.2) is 24.3 Å². The summed E-state index contributed by atoms with van der Waals surface area (Å²) in [4.78, 5) is 0. The smallest absolute Gasteiger partial charge is 0.00109 e. The predicted molar refractivity (Wildman–Crippen MR) is 84.4 cm³/mol. The Morgan fingerprint density at radius 3 is 2.21 bits per heavy atom. The first kappa shape index (κ1) is 16.2. The van der Waals surface area contributed by atoms with E-state index in [2.05, 4.69) is 50.4 Å². The van der Waals surface area contributed by atoms with Gasteiger partial charge in [0.05, 0.1) is 0 Å². The lowest BCUT2D eigenvalue weighted by molar-refractivity contribution is 0.575. The van der Waals surface area contributed by atoms with Crippen molar-refractivity contribution in [2.45, 2.75) is 52.5 Å². The van der Waals surface area contributed by atoms with Crippen LogP contribution in [0, 0.1) is 5.92 Å². The van der Waals surface area contributed by atoms with Crippen molar-refractivity contribution in [2.75, 3.05) is 13.1 Å². The summed E-state index contributed by atoms with van der Waals surface area (Å²) in [6.45, 7) is 8.73. The molecule has 0 bridgehead atoms. The van der Waals surface area contributed by atoms with Crippen molar-refractivity contribution in [1.29, 1.82) is 0 Å². The second kappa shape index (κ2) is 9.11. The fourth-order valence-electron chi connectivity index (χ4n) is 2.22. The molecule has 0 aliphatic carbocycles. The second-order valence-corrected chi connectivity index (χ2v) is 6.03. The lowest BCUT2D eigenvalue weighted by Gasteiger charge is -2.08. The van der Waals surface area contributed by atoms with Gasteiger partial charge in [-0.05, 0) is 62.7 Å². The van der Waals surface area contributed by atoms with Gasteiger partial charge in [-0.1, -0.05) is 38.1 Å². The molecule has 1 rings (SSSR count). The summed E-state index contributed by atoms with van der Waals surface area (Å²) in [5.74, 6) is 0.734. The van der Waals surface area contributed by atoms with E-state index in [9.17, 15) is 0 Å². The number of hydrogen-bond donors (Lipinski definition) is 2. The molecular formula is C17H30N2. The van der Waals surface area contributed by atoms with Crippen LogP contribution in [-0.2, 0) is 12.8 Å². The molecule has 0 fully saturated rings. The van der Waals surface area contributed by atoms with E-state index in [-0.39, 0.29) is 0 Å². The van der Waals surface area contributed by atoms with Gasteiger partial charge in [-0.3, -0.25) is 0 Å². The minimum atomic E-state index is 0.329. The van der Waals surface area contributed by atoms with E-state index in [1.54, 1.807) is 0 Å². The van der Waals surface area contributed by atoms with Crippen LogP contribution in [0.2, 0.25) is 0 Å². The summed E-state index contributed by atoms with van der Waals surface area (Å²) in [5.41, 5.74) is 8.59. The van der Waals surface area contributed by atoms with Crippen molar-refractivity contribution in [1.82, 2.24) is 5.32 Å². The molecule has 1 unspecified atom stereocenters. The molecule has 0 radical (unpaired) electrons. The summed E-state index contributed by atoms with van der Waals surface area (Å²) in [7, 11) is 0. The van der Waals surface area contributed by atoms with E-state index in [1.807, 2.05) is 0 Å². The zero-order chi connectivity index (χ0) is 14.1. The number of rotatable bonds is 9. The summed E-state index contributed by atoms with van der Waals surface area (Å²) in [6, 6.07) is 9.40. The molecule has 2 heteroatoms. The summed E-state index contributed by atoms with van der Waals surface area (Å²) >= 11 is 0. The van der Waals surface area contributed by atoms with Gasteiger partial charge in [0.1, 0.15) is 0 Å². The fourth-order valence-corrected chi connectivity index (χ4v) is 2.22. The summed E-state index contributed by atoms with van der Waals surface area (Å²) in [5, 5.41) is 3.48. The zero-order valence-corrected chi connectivity index (χ0v) is 12.8. The average Bonchev–Trinajstić information content (AvgIpc) is 2.34. The monoisotopic (exact) mass is 262 g/mol. The SMILES string of the molecule is CC(C)Cc1ccc(CCNCCCC(C)N)cc1. The maximum Gasteiger partial charge on any atom is 0.00109 e. The summed E-state index contributed by atoms with van der Waals surface area (Å²) in [6.07, 6.45) is 4.57. The van der Waals surface area contributed by atoms with Gasteiger partial charge in [-0.2, -0.15) is 0 Å². The number of nitrogens with one attached hydrogen (secondary N) is 1. The molecule has 0 aliphatic rings. The zero-order valence-electron chi connectivity index (χ0n) is 12.8. The van der Waals surface area contributed by atoms with E-state index >= 15 is 0 Å². The first-order valence-electron chi connectivity index (χ1n) is 7.62. The molecule has 0 heterocycles. The van der Waals surface area contributed by atoms with Gasteiger partial charge in [-0.15, -0.1) is 0 Å². The lowest BCUT2D eigenvalue weighted by Crippen LogP contribution is -2.21. The van der Waals surface area contributed by atoms with Gasteiger partial charge in [0.15, 0.2) is 0 Å². The van der Waals surface area contributed by atoms with Gasteiger partial charge in [0.25, 0.3) is 0 Å². The molecule has 0 saturated heterocycles. The molecule has 1 aromatic carbocycles. The van der Waals surface area contributed by atoms with E-state index in [1.165, 1.54) is 24.0 Å². The summed E-state index contributed by atoms with van der Waals surface area (Å²) < 4.78 is 0. The second-order valence-electron chi connectivity index (χ2n) is 6.03. The van der Waals surface area contributed by atoms with Crippen molar-refractivity contribution in [2.24, 2.45) is 11.7 Å². The molecule has 3 N–H and O–H groups in total. The predicted octanol–water partition coefficient (Wildman–Crippen LogP) is 3.14. The standard InChI is InChI=1S/C17H30N2/c1-14(2)13-17-8-6-16(7-9-17)10-12-19-11-4-5-15(3)18/h6-9,14-15,19H,4-5,10-13,18H2,1-3H3. The highest BCUT2D eigenvalue weighted by Crippen LogP contribution is 2.10. The fraction of sp³-hybridized carbons (Fsp3) is 0.647. The third-order valence-corrected chi connectivity index (χ3v) is 3.27. The van der Waals surface area contributed by atoms with Crippen molar-refractivity contribution in [3.63, 3.8) is 0 Å². The quantitative estimate of drug-likeness (QED) is 0.671. The van der Waals surface area contributed by atoms with Crippen LogP contribution >= 0.6 is 0 Å². The van der Waals surface area contributed by atoms with Gasteiger partial charge >= 0.3 is 0 Å². The van der Waals surface area contributed by atoms with E-state index < -0.39 is 0 Å². The van der Waals surface area contributed by atoms with Gasteiger partial charge in [0, 0.05) is 6.04 Å². The number of benzene rings is 1. The van der Waals surface area contributed by atoms with E-state index in [0.29, 0.717) is 6.04 Å². The molecule has 0 saturated carbocycles. The van der Waals surface area contributed by atoms with Crippen molar-refractivity contribution in [3.8, 4) is 0 Å². The molecular weight excluding hydrogens is 232 g/mol. The first-order valence-corrected chi connectivity index (χ1v) is 7.62. The minimum absolute atomic E-state index is 0.329. The Bertz CT molecular complexity index is 328. The number of hydrogen-bond acceptors (Lipinski definition) is 2. The maximum atomic E-state index is 5.72. The topological polar surface area (TPSA) is 38.0 Å². The van der Waals surface area contributed by atoms with Crippen LogP contribution in [0.4, 0.5) is 0 Å². The molecule has 108 valence electrons. The highest BCUT2D eigenvalue weighted by Gasteiger charge is 1.99. The third-order valence-electron chi connectivity index (χ3n) is 3.27. The Kier molecular flexibility index (Phi) is 7.76. The van der Waals surface area contributed by atoms with Crippen LogP contribution in [0.3, 0.4) is 0 Å². The highest BCUT2D eigenvalue weighted by atomic mass is 14.8. The Labute approximate surface area is 118 Å². The molecule has 0 spiro atoms. The normalized spacial score (nSPS) is 12.9. The molecule has 1 atom stereocenters. The van der Waals surface area contributed by atoms with Crippen LogP contribution in [0.5, 0.6) is 0 Å². The van der Waals surface area contributed by atoms with Gasteiger partial charge < -0.3 is 11.1 Å². The van der Waals surface area contributed by atoms with Crippen LogP contribution in [0.25, 0.3) is 0 Å². The van der Waals surface area contributed by atoms with Crippen molar-refractivity contribution in [3.05, 3.63) is 35.4 Å². The van der Waals surface area contributed by atoms with E-state index in [0.717, 1.165) is 31.8 Å². The molecule has 1 aromatic rings. The van der Waals surface area contributed by atoms with Gasteiger partial charge in [-0.25, -0.2) is 0 Å². The Morgan fingerprint density at radius 1 is 1.00 bits per heavy atom.